The number of fused-ring (bicyclic) bond motifs is 1. The van der Waals surface area contributed by atoms with Crippen LogP contribution in [0.1, 0.15) is 16.6 Å². The first-order valence-electron chi connectivity index (χ1n) is 13.7. The van der Waals surface area contributed by atoms with Crippen molar-refractivity contribution in [2.75, 3.05) is 13.2 Å². The van der Waals surface area contributed by atoms with Gasteiger partial charge in [-0.05, 0) is 22.0 Å². The van der Waals surface area contributed by atoms with Crippen molar-refractivity contribution >= 4 is 63.2 Å². The van der Waals surface area contributed by atoms with Gasteiger partial charge in [-0.2, -0.15) is 4.57 Å². The molecule has 272 valence electrons. The number of hydrogen-bond acceptors (Lipinski definition) is 19. The van der Waals surface area contributed by atoms with Gasteiger partial charge in [-0.25, -0.2) is 28.4 Å². The molecule has 4 aliphatic heterocycles. The van der Waals surface area contributed by atoms with E-state index in [9.17, 15) is 53.4 Å². The maximum absolute atomic E-state index is 12.6. The predicted molar refractivity (Wildman–Crippen MR) is 159 cm³/mol. The number of hydrogen-bond donors (Lipinski definition) is 8. The number of aromatic nitrogens is 1. The van der Waals surface area contributed by atoms with Crippen molar-refractivity contribution in [1.82, 2.24) is 4.90 Å². The lowest BCUT2D eigenvalue weighted by Crippen LogP contribution is -2.51. The van der Waals surface area contributed by atoms with E-state index in [0.29, 0.717) is 0 Å². The van der Waals surface area contributed by atoms with E-state index < -0.39 is 103 Å². The lowest BCUT2D eigenvalue weighted by Gasteiger charge is -2.32. The molecule has 5 rings (SSSR count). The normalized spacial score (nSPS) is 35.4. The highest BCUT2D eigenvalue weighted by atomic mass is 79.9. The third kappa shape index (κ3) is 8.75. The first kappa shape index (κ1) is 38.3. The maximum atomic E-state index is 12.6. The van der Waals surface area contributed by atoms with Crippen LogP contribution in [0.3, 0.4) is 0 Å². The molecule has 2 saturated heterocycles. The summed E-state index contributed by atoms with van der Waals surface area (Å²) in [6.45, 7) is -2.13. The monoisotopic (exact) mass is 823 g/mol. The van der Waals surface area contributed by atoms with E-state index in [0.717, 1.165) is 6.34 Å². The molecule has 1 aromatic heterocycles. The number of aliphatic hydroxyl groups excluding tert-OH is 3. The van der Waals surface area contributed by atoms with Crippen LogP contribution in [0.2, 0.25) is 0 Å². The molecule has 0 saturated carbocycles. The minimum atomic E-state index is -5.73. The second-order valence-electron chi connectivity index (χ2n) is 10.5. The highest BCUT2D eigenvalue weighted by Gasteiger charge is 2.55. The molecule has 24 nitrogen and oxygen atoms in total. The van der Waals surface area contributed by atoms with Crippen LogP contribution in [-0.4, -0.2) is 126 Å². The minimum Gasteiger partial charge on any atom is -0.756 e. The maximum Gasteiger partial charge on any atom is 0.478 e. The summed E-state index contributed by atoms with van der Waals surface area (Å²) in [5, 5.41) is 30.6. The molecule has 4 aliphatic rings. The van der Waals surface area contributed by atoms with Gasteiger partial charge < -0.3 is 60.4 Å². The van der Waals surface area contributed by atoms with Gasteiger partial charge in [-0.3, -0.25) is 23.3 Å². The SMILES string of the molecule is NC(=O)c1ccc[n+](C2OC(COP(=O)([O-])OP(=O)(O)OCC3OC(N4C5=NC=NC(N)C5=NC4Br)C(OP(=O)(O)O)C3O)C(O)C2O)c1. The van der Waals surface area contributed by atoms with Crippen molar-refractivity contribution in [3.8, 4) is 0 Å². The Hall–Kier alpha value is -1.96. The number of phosphoric ester groups is 3. The summed E-state index contributed by atoms with van der Waals surface area (Å²) in [4.78, 5) is 66.2. The number of pyridine rings is 1. The van der Waals surface area contributed by atoms with Crippen LogP contribution in [-0.2, 0) is 41.1 Å². The summed E-state index contributed by atoms with van der Waals surface area (Å²) in [5.41, 5.74) is 11.3. The van der Waals surface area contributed by atoms with Crippen LogP contribution >= 0.6 is 39.4 Å². The second kappa shape index (κ2) is 14.6. The number of nitrogens with two attached hydrogens (primary N) is 2. The first-order valence-corrected chi connectivity index (χ1v) is 19.1. The van der Waals surface area contributed by atoms with Crippen molar-refractivity contribution in [1.29, 1.82) is 0 Å². The number of nitrogens with zero attached hydrogens (tertiary/aromatic N) is 5. The quantitative estimate of drug-likeness (QED) is 0.0407. The highest BCUT2D eigenvalue weighted by Crippen LogP contribution is 2.58. The Labute approximate surface area is 283 Å². The minimum absolute atomic E-state index is 0.0318. The zero-order valence-electron chi connectivity index (χ0n) is 24.4. The summed E-state index contributed by atoms with van der Waals surface area (Å²) in [6, 6.07) is 2.77. The predicted octanol–water partition coefficient (Wildman–Crippen LogP) is -3.97. The first-order chi connectivity index (χ1) is 22.8. The Morgan fingerprint density at radius 3 is 2.43 bits per heavy atom. The average molecular weight is 824 g/mol. The summed E-state index contributed by atoms with van der Waals surface area (Å²) >= 11 is 3.22. The van der Waals surface area contributed by atoms with Gasteiger partial charge >= 0.3 is 15.6 Å². The number of halogens is 1. The molecule has 0 radical (unpaired) electrons. The van der Waals surface area contributed by atoms with Gasteiger partial charge in [-0.1, -0.05) is 0 Å². The number of carbonyl (C=O) groups is 1. The van der Waals surface area contributed by atoms with Crippen molar-refractivity contribution in [3.63, 3.8) is 0 Å². The van der Waals surface area contributed by atoms with Crippen LogP contribution < -0.4 is 20.9 Å². The third-order valence-electron chi connectivity index (χ3n) is 7.22. The molecule has 0 aromatic carbocycles. The molecule has 0 aliphatic carbocycles. The molecule has 10 N–H and O–H groups in total. The van der Waals surface area contributed by atoms with E-state index in [1.165, 1.54) is 34.0 Å². The number of amides is 1. The fourth-order valence-corrected chi connectivity index (χ4v) is 8.30. The molecule has 1 aromatic rings. The van der Waals surface area contributed by atoms with Gasteiger partial charge in [0.15, 0.2) is 35.6 Å². The number of amidine groups is 1. The zero-order chi connectivity index (χ0) is 36.1. The summed E-state index contributed by atoms with van der Waals surface area (Å²) in [5.74, 6) is -0.760. The number of phosphoric acid groups is 3. The lowest BCUT2D eigenvalue weighted by molar-refractivity contribution is -0.765. The number of primary amides is 1. The Kier molecular flexibility index (Phi) is 11.4. The molecule has 49 heavy (non-hydrogen) atoms. The lowest BCUT2D eigenvalue weighted by atomic mass is 10.1. The van der Waals surface area contributed by atoms with Crippen LogP contribution in [0.15, 0.2) is 39.5 Å². The van der Waals surface area contributed by atoms with Crippen LogP contribution in [0.4, 0.5) is 0 Å². The van der Waals surface area contributed by atoms with Gasteiger partial charge in [-0.15, -0.1) is 0 Å². The standard InChI is InChI=1S/C21H29BrN7O17P3/c22-21-27-11-16(23)25-7-26-18(11)29(21)20-15(45-47(34,35)36)13(31)10(44-20)6-42-49(39,40)46-48(37,38)41-5-9-12(30)14(32)19(43-9)28-3-1-2-8(4-28)17(24)33/h1-4,7,9-10,12-16,19-21,30-32H,5-6,23H2,(H5-,24,33,34,35,36,37,38,39,40). The second-order valence-corrected chi connectivity index (χ2v) is 15.6. The molecule has 1 amide bonds. The number of alkyl halides is 1. The Bertz CT molecular complexity index is 1680. The molecular weight excluding hydrogens is 795 g/mol. The average Bonchev–Trinajstić information content (AvgIpc) is 3.60. The van der Waals surface area contributed by atoms with E-state index in [1.807, 2.05) is 0 Å². The van der Waals surface area contributed by atoms with Crippen molar-refractivity contribution in [2.24, 2.45) is 26.4 Å². The highest BCUT2D eigenvalue weighted by molar-refractivity contribution is 9.09. The zero-order valence-corrected chi connectivity index (χ0v) is 28.6. The van der Waals surface area contributed by atoms with Gasteiger partial charge in [0.05, 0.1) is 13.2 Å². The fourth-order valence-electron chi connectivity index (χ4n) is 5.05. The van der Waals surface area contributed by atoms with Gasteiger partial charge in [0, 0.05) is 6.07 Å². The van der Waals surface area contributed by atoms with Crippen molar-refractivity contribution < 1.29 is 85.3 Å². The molecule has 12 atom stereocenters. The molecule has 0 bridgehead atoms. The van der Waals surface area contributed by atoms with Gasteiger partial charge in [0.25, 0.3) is 20.0 Å². The number of rotatable bonds is 13. The van der Waals surface area contributed by atoms with Gasteiger partial charge in [0.2, 0.25) is 0 Å². The number of aliphatic imine (C=N–C) groups is 3. The molecular formula is C21H29BrN7O17P3. The van der Waals surface area contributed by atoms with E-state index in [4.69, 9.17) is 25.5 Å². The Balaban J connectivity index is 1.20. The molecule has 28 heteroatoms. The number of carbonyl (C=O) groups excluding carboxylic acids is 1. The van der Waals surface area contributed by atoms with Crippen molar-refractivity contribution in [2.45, 2.75) is 60.3 Å². The summed E-state index contributed by atoms with van der Waals surface area (Å²) < 4.78 is 67.2. The fraction of sp³-hybridized carbons (Fsp3) is 0.571. The number of aliphatic hydroxyl groups is 3. The smallest absolute Gasteiger partial charge is 0.478 e. The molecule has 5 heterocycles. The van der Waals surface area contributed by atoms with Crippen LogP contribution in [0, 0.1) is 0 Å². The van der Waals surface area contributed by atoms with Gasteiger partial charge in [0.1, 0.15) is 54.3 Å². The molecule has 0 spiro atoms. The Morgan fingerprint density at radius 2 is 1.76 bits per heavy atom. The largest absolute Gasteiger partial charge is 0.756 e. The topological polar surface area (TPSA) is 364 Å². The van der Waals surface area contributed by atoms with E-state index in [2.05, 4.69) is 44.3 Å². The van der Waals surface area contributed by atoms with E-state index >= 15 is 0 Å². The summed E-state index contributed by atoms with van der Waals surface area (Å²) in [7, 11) is -16.6. The van der Waals surface area contributed by atoms with Crippen molar-refractivity contribution in [3.05, 3.63) is 30.1 Å². The number of ether oxygens (including phenoxy) is 2. The Morgan fingerprint density at radius 1 is 1.08 bits per heavy atom. The van der Waals surface area contributed by atoms with Crippen LogP contribution in [0.25, 0.3) is 0 Å². The third-order valence-corrected chi connectivity index (χ3v) is 11.0. The van der Waals surface area contributed by atoms with E-state index in [1.54, 1.807) is 0 Å². The summed E-state index contributed by atoms with van der Waals surface area (Å²) in [6.07, 6.45) is -10.6. The van der Waals surface area contributed by atoms with Crippen LogP contribution in [0.5, 0.6) is 0 Å². The van der Waals surface area contributed by atoms with E-state index in [-0.39, 0.29) is 17.1 Å². The molecule has 2 fully saturated rings. The molecule has 12 unspecified atom stereocenters.